The molecule has 0 spiro atoms. The molecule has 35 heavy (non-hydrogen) atoms. The van der Waals surface area contributed by atoms with Gasteiger partial charge in [-0.2, -0.15) is 0 Å². The van der Waals surface area contributed by atoms with Gasteiger partial charge in [-0.15, -0.1) is 13.2 Å². The van der Waals surface area contributed by atoms with Crippen molar-refractivity contribution < 1.29 is 27.8 Å². The van der Waals surface area contributed by atoms with Crippen LogP contribution in [-0.2, 0) is 4.79 Å². The molecule has 0 saturated carbocycles. The fourth-order valence-corrected chi connectivity index (χ4v) is 3.63. The lowest BCUT2D eigenvalue weighted by atomic mass is 10.0. The number of halogens is 3. The summed E-state index contributed by atoms with van der Waals surface area (Å²) in [7, 11) is 0. The molecule has 0 radical (unpaired) electrons. The molecule has 1 unspecified atom stereocenters. The smallest absolute Gasteiger partial charge is 0.504 e. The van der Waals surface area contributed by atoms with Gasteiger partial charge in [0.15, 0.2) is 17.3 Å². The minimum Gasteiger partial charge on any atom is -0.504 e. The normalized spacial score (nSPS) is 19.3. The van der Waals surface area contributed by atoms with Gasteiger partial charge in [0.05, 0.1) is 5.70 Å². The van der Waals surface area contributed by atoms with Crippen molar-refractivity contribution in [2.24, 2.45) is 10.9 Å². The van der Waals surface area contributed by atoms with Crippen LogP contribution in [0.1, 0.15) is 46.6 Å². The highest BCUT2D eigenvalue weighted by atomic mass is 19.4. The number of carbonyl (C=O) groups is 1. The van der Waals surface area contributed by atoms with E-state index in [1.807, 2.05) is 39.0 Å². The quantitative estimate of drug-likeness (QED) is 0.271. The van der Waals surface area contributed by atoms with Gasteiger partial charge in [-0.25, -0.2) is 0 Å². The third-order valence-electron chi connectivity index (χ3n) is 5.64. The molecule has 9 heteroatoms. The van der Waals surface area contributed by atoms with Crippen LogP contribution in [0.2, 0.25) is 0 Å². The van der Waals surface area contributed by atoms with Gasteiger partial charge < -0.3 is 20.1 Å². The van der Waals surface area contributed by atoms with Crippen molar-refractivity contribution in [1.29, 1.82) is 0 Å². The number of hydrogen-bond acceptors (Lipinski definition) is 6. The summed E-state index contributed by atoms with van der Waals surface area (Å²) in [6.07, 6.45) is 2.94. The Kier molecular flexibility index (Phi) is 10.1. The average Bonchev–Trinajstić information content (AvgIpc) is 2.77. The Morgan fingerprint density at radius 2 is 2.09 bits per heavy atom. The summed E-state index contributed by atoms with van der Waals surface area (Å²) in [6.45, 7) is 12.0. The van der Waals surface area contributed by atoms with Crippen molar-refractivity contribution in [3.63, 3.8) is 0 Å². The third kappa shape index (κ3) is 8.90. The maximum absolute atomic E-state index is 12.8. The van der Waals surface area contributed by atoms with Crippen molar-refractivity contribution in [2.45, 2.75) is 53.4 Å². The van der Waals surface area contributed by atoms with Gasteiger partial charge in [0.25, 0.3) is 0 Å². The summed E-state index contributed by atoms with van der Waals surface area (Å²) in [5, 5.41) is 13.2. The molecule has 1 heterocycles. The molecule has 1 aliphatic heterocycles. The predicted molar refractivity (Wildman–Crippen MR) is 132 cm³/mol. The van der Waals surface area contributed by atoms with E-state index < -0.39 is 17.9 Å². The first-order valence-corrected chi connectivity index (χ1v) is 11.7. The molecule has 1 aromatic rings. The lowest BCUT2D eigenvalue weighted by Gasteiger charge is -2.34. The van der Waals surface area contributed by atoms with E-state index in [4.69, 9.17) is 0 Å². The summed E-state index contributed by atoms with van der Waals surface area (Å²) < 4.78 is 42.2. The van der Waals surface area contributed by atoms with Crippen LogP contribution >= 0.6 is 0 Å². The van der Waals surface area contributed by atoms with E-state index in [0.29, 0.717) is 11.8 Å². The minimum atomic E-state index is -4.97. The zero-order valence-electron chi connectivity index (χ0n) is 20.8. The van der Waals surface area contributed by atoms with E-state index in [9.17, 15) is 23.1 Å². The molecule has 1 aliphatic rings. The average molecular weight is 494 g/mol. The van der Waals surface area contributed by atoms with Gasteiger partial charge in [-0.05, 0) is 63.5 Å². The van der Waals surface area contributed by atoms with E-state index in [1.165, 1.54) is 19.1 Å². The standard InChI is InChI=1S/C26H34F3N3O3/c1-6-17(3)22(10-9-21(7-2)32-13-12-30-18(4)16-32)31-23(14-19(5)33)20-8-11-24(34)25(15-20)35-26(27,28)29/h7-11,14-15,17-18,30,34H,6,12-13,16H2,1-5H3/b10-9-,21-7+,23-14-,31-22-/t17?,18-/m0/s1. The van der Waals surface area contributed by atoms with Gasteiger partial charge in [-0.1, -0.05) is 19.9 Å². The molecule has 1 fully saturated rings. The molecule has 192 valence electrons. The number of ether oxygens (including phenoxy) is 1. The fourth-order valence-electron chi connectivity index (χ4n) is 3.63. The number of phenolic OH excluding ortho intramolecular Hbond substituents is 1. The lowest BCUT2D eigenvalue weighted by Crippen LogP contribution is -2.48. The molecule has 0 amide bonds. The number of piperazine rings is 1. The molecule has 0 aliphatic carbocycles. The number of nitrogens with one attached hydrogen (secondary N) is 1. The SMILES string of the molecule is C\C=C(/C=C\C(=N\C(=C/C(C)=O)c1ccc(O)c(OC(F)(F)F)c1)C(C)CC)N1CCN[C@@H](C)C1. The highest BCUT2D eigenvalue weighted by molar-refractivity contribution is 6.03. The summed E-state index contributed by atoms with van der Waals surface area (Å²) in [5.74, 6) is -1.72. The number of carbonyl (C=O) groups excluding carboxylic acids is 1. The molecular formula is C26H34F3N3O3. The van der Waals surface area contributed by atoms with E-state index in [1.54, 1.807) is 0 Å². The Bertz CT molecular complexity index is 1010. The van der Waals surface area contributed by atoms with E-state index in [2.05, 4.69) is 26.9 Å². The van der Waals surface area contributed by atoms with Gasteiger partial charge in [0.2, 0.25) is 0 Å². The molecular weight excluding hydrogens is 459 g/mol. The number of ketones is 1. The van der Waals surface area contributed by atoms with Gasteiger partial charge in [-0.3, -0.25) is 9.79 Å². The topological polar surface area (TPSA) is 74.2 Å². The summed E-state index contributed by atoms with van der Waals surface area (Å²) in [5.41, 5.74) is 2.11. The first-order valence-electron chi connectivity index (χ1n) is 11.7. The highest BCUT2D eigenvalue weighted by Gasteiger charge is 2.32. The van der Waals surface area contributed by atoms with Gasteiger partial charge in [0.1, 0.15) is 0 Å². The Labute approximate surface area is 204 Å². The number of aromatic hydroxyl groups is 1. The van der Waals surface area contributed by atoms with Crippen LogP contribution in [0.3, 0.4) is 0 Å². The van der Waals surface area contributed by atoms with Crippen LogP contribution in [0, 0.1) is 5.92 Å². The maximum Gasteiger partial charge on any atom is 0.573 e. The third-order valence-corrected chi connectivity index (χ3v) is 5.64. The number of alkyl halides is 3. The fraction of sp³-hybridized carbons (Fsp3) is 0.462. The zero-order valence-corrected chi connectivity index (χ0v) is 20.8. The van der Waals surface area contributed by atoms with Crippen molar-refractivity contribution in [2.75, 3.05) is 19.6 Å². The number of benzene rings is 1. The minimum absolute atomic E-state index is 0.0182. The first kappa shape index (κ1) is 28.2. The number of nitrogens with zero attached hydrogens (tertiary/aromatic N) is 2. The Morgan fingerprint density at radius 1 is 1.37 bits per heavy atom. The summed E-state index contributed by atoms with van der Waals surface area (Å²) in [4.78, 5) is 18.9. The Hall–Kier alpha value is -3.07. The van der Waals surface area contributed by atoms with Crippen molar-refractivity contribution in [3.05, 3.63) is 53.8 Å². The number of rotatable bonds is 9. The molecule has 1 aromatic carbocycles. The van der Waals surface area contributed by atoms with E-state index in [0.717, 1.165) is 43.9 Å². The second-order valence-corrected chi connectivity index (χ2v) is 8.56. The molecule has 0 bridgehead atoms. The van der Waals surface area contributed by atoms with Crippen LogP contribution in [0.4, 0.5) is 13.2 Å². The maximum atomic E-state index is 12.8. The molecule has 2 N–H and O–H groups in total. The van der Waals surface area contributed by atoms with Gasteiger partial charge in [0, 0.05) is 48.7 Å². The summed E-state index contributed by atoms with van der Waals surface area (Å²) >= 11 is 0. The zero-order chi connectivity index (χ0) is 26.2. The van der Waals surface area contributed by atoms with Gasteiger partial charge >= 0.3 is 6.36 Å². The number of phenols is 1. The number of hydrogen-bond donors (Lipinski definition) is 2. The van der Waals surface area contributed by atoms with E-state index >= 15 is 0 Å². The van der Waals surface area contributed by atoms with Crippen LogP contribution < -0.4 is 10.1 Å². The Balaban J connectivity index is 2.48. The van der Waals surface area contributed by atoms with Crippen LogP contribution in [0.15, 0.2) is 53.2 Å². The van der Waals surface area contributed by atoms with Crippen molar-refractivity contribution in [1.82, 2.24) is 10.2 Å². The van der Waals surface area contributed by atoms with Crippen LogP contribution in [-0.4, -0.2) is 53.5 Å². The van der Waals surface area contributed by atoms with Crippen LogP contribution in [0.5, 0.6) is 11.5 Å². The predicted octanol–water partition coefficient (Wildman–Crippen LogP) is 5.46. The molecule has 0 aromatic heterocycles. The van der Waals surface area contributed by atoms with Crippen molar-refractivity contribution in [3.8, 4) is 11.5 Å². The second-order valence-electron chi connectivity index (χ2n) is 8.56. The summed E-state index contributed by atoms with van der Waals surface area (Å²) in [6, 6.07) is 3.87. The number of aliphatic imine (C=N–C) groups is 1. The molecule has 2 rings (SSSR count). The highest BCUT2D eigenvalue weighted by Crippen LogP contribution is 2.34. The second kappa shape index (κ2) is 12.6. The molecule has 1 saturated heterocycles. The van der Waals surface area contributed by atoms with Crippen LogP contribution in [0.25, 0.3) is 5.70 Å². The van der Waals surface area contributed by atoms with E-state index in [-0.39, 0.29) is 23.0 Å². The largest absolute Gasteiger partial charge is 0.573 e. The Morgan fingerprint density at radius 3 is 2.66 bits per heavy atom. The van der Waals surface area contributed by atoms with Crippen molar-refractivity contribution >= 4 is 17.2 Å². The lowest BCUT2D eigenvalue weighted by molar-refractivity contribution is -0.275. The molecule has 2 atom stereocenters. The monoisotopic (exact) mass is 493 g/mol. The number of allylic oxidation sites excluding steroid dienone is 4. The molecule has 6 nitrogen and oxygen atoms in total. The first-order chi connectivity index (χ1) is 16.4.